The molecule has 3 aromatic heterocycles. The summed E-state index contributed by atoms with van der Waals surface area (Å²) in [6, 6.07) is 18.6. The van der Waals surface area contributed by atoms with E-state index in [9.17, 15) is 0 Å². The Kier molecular flexibility index (Phi) is 3.41. The molecule has 5 rings (SSSR count). The molecule has 0 saturated carbocycles. The summed E-state index contributed by atoms with van der Waals surface area (Å²) in [6.45, 7) is 0. The number of nitrogens with one attached hydrogen (secondary N) is 1. The first kappa shape index (κ1) is 13.4. The van der Waals surface area contributed by atoms with E-state index in [1.165, 1.54) is 5.39 Å². The Hall–Kier alpha value is -3.27. The molecule has 23 heavy (non-hydrogen) atoms. The number of hydrogen-bond donors (Lipinski definition) is 1. The SMILES string of the molecule is c1c[nH]cn1.c1ccc2nc3c(ccc4cccnc43)cc2c1. The first-order chi connectivity index (χ1) is 11.4. The van der Waals surface area contributed by atoms with Crippen molar-refractivity contribution in [3.63, 3.8) is 0 Å². The molecular formula is C19H14N4. The highest BCUT2D eigenvalue weighted by Crippen LogP contribution is 2.25. The summed E-state index contributed by atoms with van der Waals surface area (Å²) in [5.74, 6) is 0. The Morgan fingerprint density at radius 3 is 2.43 bits per heavy atom. The van der Waals surface area contributed by atoms with Gasteiger partial charge in [-0.15, -0.1) is 0 Å². The van der Waals surface area contributed by atoms with Crippen molar-refractivity contribution in [3.8, 4) is 0 Å². The molecule has 0 unspecified atom stereocenters. The van der Waals surface area contributed by atoms with Gasteiger partial charge in [-0.25, -0.2) is 9.97 Å². The van der Waals surface area contributed by atoms with Gasteiger partial charge in [-0.2, -0.15) is 0 Å². The van der Waals surface area contributed by atoms with E-state index in [4.69, 9.17) is 4.98 Å². The molecular weight excluding hydrogens is 284 g/mol. The zero-order chi connectivity index (χ0) is 15.5. The summed E-state index contributed by atoms with van der Waals surface area (Å²) in [5.41, 5.74) is 2.97. The van der Waals surface area contributed by atoms with Crippen LogP contribution >= 0.6 is 0 Å². The highest BCUT2D eigenvalue weighted by molar-refractivity contribution is 6.06. The normalized spacial score (nSPS) is 10.6. The number of para-hydroxylation sites is 1. The zero-order valence-electron chi connectivity index (χ0n) is 12.3. The summed E-state index contributed by atoms with van der Waals surface area (Å²) in [7, 11) is 0. The van der Waals surface area contributed by atoms with Crippen molar-refractivity contribution in [2.45, 2.75) is 0 Å². The maximum absolute atomic E-state index is 4.74. The van der Waals surface area contributed by atoms with Crippen LogP contribution in [0, 0.1) is 0 Å². The lowest BCUT2D eigenvalue weighted by molar-refractivity contribution is 1.31. The van der Waals surface area contributed by atoms with Gasteiger partial charge in [0.1, 0.15) is 0 Å². The molecule has 0 saturated heterocycles. The average molecular weight is 298 g/mol. The first-order valence-corrected chi connectivity index (χ1v) is 7.38. The van der Waals surface area contributed by atoms with Crippen LogP contribution in [0.5, 0.6) is 0 Å². The fourth-order valence-corrected chi connectivity index (χ4v) is 2.59. The van der Waals surface area contributed by atoms with E-state index < -0.39 is 0 Å². The molecule has 0 aliphatic carbocycles. The highest BCUT2D eigenvalue weighted by Gasteiger charge is 2.04. The summed E-state index contributed by atoms with van der Waals surface area (Å²) in [4.78, 5) is 15.6. The zero-order valence-corrected chi connectivity index (χ0v) is 12.3. The van der Waals surface area contributed by atoms with E-state index in [2.05, 4.69) is 45.3 Å². The van der Waals surface area contributed by atoms with Crippen molar-refractivity contribution >= 4 is 32.7 Å². The molecule has 1 N–H and O–H groups in total. The van der Waals surface area contributed by atoms with Crippen LogP contribution in [-0.4, -0.2) is 19.9 Å². The number of nitrogens with zero attached hydrogens (tertiary/aromatic N) is 3. The van der Waals surface area contributed by atoms with Crippen LogP contribution in [0.15, 0.2) is 79.5 Å². The molecule has 4 nitrogen and oxygen atoms in total. The summed E-state index contributed by atoms with van der Waals surface area (Å²) < 4.78 is 0. The van der Waals surface area contributed by atoms with Gasteiger partial charge in [0.05, 0.1) is 22.9 Å². The van der Waals surface area contributed by atoms with Crippen molar-refractivity contribution in [2.24, 2.45) is 0 Å². The van der Waals surface area contributed by atoms with Gasteiger partial charge in [0.15, 0.2) is 0 Å². The smallest absolute Gasteiger partial charge is 0.0972 e. The third kappa shape index (κ3) is 2.62. The summed E-state index contributed by atoms with van der Waals surface area (Å²) in [6.07, 6.45) is 6.90. The van der Waals surface area contributed by atoms with Crippen molar-refractivity contribution in [2.75, 3.05) is 0 Å². The second kappa shape index (κ2) is 5.85. The van der Waals surface area contributed by atoms with Gasteiger partial charge in [0.2, 0.25) is 0 Å². The lowest BCUT2D eigenvalue weighted by Crippen LogP contribution is -1.86. The monoisotopic (exact) mass is 298 g/mol. The number of imidazole rings is 1. The van der Waals surface area contributed by atoms with Crippen LogP contribution < -0.4 is 0 Å². The minimum Gasteiger partial charge on any atom is -0.351 e. The largest absolute Gasteiger partial charge is 0.351 e. The number of fused-ring (bicyclic) bond motifs is 4. The second-order valence-electron chi connectivity index (χ2n) is 5.15. The first-order valence-electron chi connectivity index (χ1n) is 7.38. The molecule has 5 aromatic rings. The minimum atomic E-state index is 0.973. The lowest BCUT2D eigenvalue weighted by atomic mass is 10.1. The maximum atomic E-state index is 4.74. The standard InChI is InChI=1S/C16H10N2.C3H4N2/c1-2-6-14-12(4-1)10-13-8-7-11-5-3-9-17-15(11)16(13)18-14;1-2-5-3-4-1/h1-10H;1-3H,(H,4,5). The van der Waals surface area contributed by atoms with Gasteiger partial charge in [-0.3, -0.25) is 4.98 Å². The predicted molar refractivity (Wildman–Crippen MR) is 93.1 cm³/mol. The quantitative estimate of drug-likeness (QED) is 0.341. The average Bonchev–Trinajstić information content (AvgIpc) is 3.20. The van der Waals surface area contributed by atoms with Crippen LogP contribution in [0.2, 0.25) is 0 Å². The van der Waals surface area contributed by atoms with Gasteiger partial charge in [0.25, 0.3) is 0 Å². The Bertz CT molecular complexity index is 1050. The maximum Gasteiger partial charge on any atom is 0.0972 e. The van der Waals surface area contributed by atoms with Gasteiger partial charge < -0.3 is 4.98 Å². The lowest BCUT2D eigenvalue weighted by Gasteiger charge is -2.04. The topological polar surface area (TPSA) is 54.5 Å². The molecule has 0 bridgehead atoms. The Balaban J connectivity index is 0.000000233. The molecule has 0 aliphatic heterocycles. The number of pyridine rings is 2. The molecule has 2 aromatic carbocycles. The summed E-state index contributed by atoms with van der Waals surface area (Å²) in [5, 5.41) is 3.44. The second-order valence-corrected chi connectivity index (χ2v) is 5.15. The number of aromatic amines is 1. The van der Waals surface area contributed by atoms with E-state index in [1.54, 1.807) is 18.7 Å². The Labute approximate surface area is 132 Å². The van der Waals surface area contributed by atoms with Crippen molar-refractivity contribution < 1.29 is 0 Å². The fraction of sp³-hybridized carbons (Fsp3) is 0. The van der Waals surface area contributed by atoms with E-state index in [0.29, 0.717) is 0 Å². The molecule has 0 spiro atoms. The third-order valence-electron chi connectivity index (χ3n) is 3.67. The predicted octanol–water partition coefficient (Wildman–Crippen LogP) is 4.35. The minimum absolute atomic E-state index is 0.973. The fourth-order valence-electron chi connectivity index (χ4n) is 2.59. The molecule has 0 atom stereocenters. The van der Waals surface area contributed by atoms with Gasteiger partial charge in [-0.05, 0) is 18.2 Å². The number of aromatic nitrogens is 4. The number of rotatable bonds is 0. The Morgan fingerprint density at radius 2 is 1.61 bits per heavy atom. The van der Waals surface area contributed by atoms with E-state index >= 15 is 0 Å². The van der Waals surface area contributed by atoms with Crippen LogP contribution in [0.3, 0.4) is 0 Å². The van der Waals surface area contributed by atoms with Gasteiger partial charge in [-0.1, -0.05) is 36.4 Å². The Morgan fingerprint density at radius 1 is 0.739 bits per heavy atom. The molecule has 0 aliphatic rings. The molecule has 0 amide bonds. The highest BCUT2D eigenvalue weighted by atomic mass is 14.8. The third-order valence-corrected chi connectivity index (χ3v) is 3.67. The molecule has 4 heteroatoms. The van der Waals surface area contributed by atoms with Crippen LogP contribution in [-0.2, 0) is 0 Å². The number of benzene rings is 2. The molecule has 3 heterocycles. The van der Waals surface area contributed by atoms with Crippen molar-refractivity contribution in [1.29, 1.82) is 0 Å². The molecule has 110 valence electrons. The van der Waals surface area contributed by atoms with Gasteiger partial charge >= 0.3 is 0 Å². The molecule has 0 radical (unpaired) electrons. The van der Waals surface area contributed by atoms with E-state index in [0.717, 1.165) is 27.3 Å². The van der Waals surface area contributed by atoms with E-state index in [-0.39, 0.29) is 0 Å². The number of hydrogen-bond acceptors (Lipinski definition) is 3. The van der Waals surface area contributed by atoms with Crippen LogP contribution in [0.1, 0.15) is 0 Å². The number of H-pyrrole nitrogens is 1. The van der Waals surface area contributed by atoms with Crippen molar-refractivity contribution in [3.05, 3.63) is 79.5 Å². The summed E-state index contributed by atoms with van der Waals surface area (Å²) >= 11 is 0. The van der Waals surface area contributed by atoms with Crippen LogP contribution in [0.4, 0.5) is 0 Å². The van der Waals surface area contributed by atoms with E-state index in [1.807, 2.05) is 30.5 Å². The van der Waals surface area contributed by atoms with Gasteiger partial charge in [0, 0.05) is 34.7 Å². The molecule has 0 fully saturated rings. The van der Waals surface area contributed by atoms with Crippen molar-refractivity contribution in [1.82, 2.24) is 19.9 Å². The van der Waals surface area contributed by atoms with Crippen LogP contribution in [0.25, 0.3) is 32.7 Å².